The van der Waals surface area contributed by atoms with E-state index in [2.05, 4.69) is 15.1 Å². The van der Waals surface area contributed by atoms with Crippen LogP contribution in [0, 0.1) is 6.92 Å². The zero-order chi connectivity index (χ0) is 12.4. The number of nitrogen functional groups attached to an aromatic ring is 1. The molecule has 0 aliphatic heterocycles. The summed E-state index contributed by atoms with van der Waals surface area (Å²) in [6.07, 6.45) is 0. The van der Waals surface area contributed by atoms with Gasteiger partial charge in [-0.1, -0.05) is 11.3 Å². The lowest BCUT2D eigenvalue weighted by molar-refractivity contribution is 0.0508. The topological polar surface area (TPSA) is 104 Å². The fraction of sp³-hybridized carbons (Fsp3) is 0.333. The largest absolute Gasteiger partial charge is 0.460 e. The van der Waals surface area contributed by atoms with Crippen molar-refractivity contribution in [2.45, 2.75) is 13.8 Å². The maximum Gasteiger partial charge on any atom is 0.379 e. The molecule has 90 valence electrons. The predicted molar refractivity (Wildman–Crippen MR) is 60.5 cm³/mol. The van der Waals surface area contributed by atoms with Crippen molar-refractivity contribution in [2.75, 3.05) is 12.3 Å². The maximum atomic E-state index is 11.3. The van der Waals surface area contributed by atoms with Gasteiger partial charge in [0.1, 0.15) is 4.88 Å². The van der Waals surface area contributed by atoms with Crippen molar-refractivity contribution in [1.29, 1.82) is 0 Å². The molecule has 0 unspecified atom stereocenters. The molecule has 0 saturated carbocycles. The second-order valence-corrected chi connectivity index (χ2v) is 4.14. The molecule has 0 saturated heterocycles. The van der Waals surface area contributed by atoms with E-state index in [4.69, 9.17) is 15.0 Å². The van der Waals surface area contributed by atoms with Crippen LogP contribution in [0.3, 0.4) is 0 Å². The summed E-state index contributed by atoms with van der Waals surface area (Å²) in [6, 6.07) is 0. The van der Waals surface area contributed by atoms with Crippen LogP contribution in [0.2, 0.25) is 0 Å². The van der Waals surface area contributed by atoms with Crippen molar-refractivity contribution in [3.63, 3.8) is 0 Å². The van der Waals surface area contributed by atoms with Gasteiger partial charge in [0.2, 0.25) is 0 Å². The minimum atomic E-state index is -0.613. The number of ether oxygens (including phenoxy) is 1. The Hall–Kier alpha value is -1.96. The average Bonchev–Trinajstić information content (AvgIpc) is 2.85. The predicted octanol–water partition coefficient (Wildman–Crippen LogP) is 1.26. The highest BCUT2D eigenvalue weighted by Gasteiger charge is 2.19. The summed E-state index contributed by atoms with van der Waals surface area (Å²) >= 11 is 1.22. The zero-order valence-electron chi connectivity index (χ0n) is 9.26. The van der Waals surface area contributed by atoms with Gasteiger partial charge in [-0.3, -0.25) is 0 Å². The van der Waals surface area contributed by atoms with Gasteiger partial charge in [0.15, 0.2) is 5.13 Å². The first-order chi connectivity index (χ1) is 8.11. The Balaban J connectivity index is 2.30. The molecule has 2 aromatic heterocycles. The normalized spacial score (nSPS) is 10.5. The molecule has 0 aliphatic rings. The highest BCUT2D eigenvalue weighted by molar-refractivity contribution is 7.18. The number of rotatable bonds is 3. The van der Waals surface area contributed by atoms with Crippen molar-refractivity contribution >= 4 is 22.4 Å². The second-order valence-electron chi connectivity index (χ2n) is 3.11. The lowest BCUT2D eigenvalue weighted by Crippen LogP contribution is -2.06. The smallest absolute Gasteiger partial charge is 0.379 e. The SMILES string of the molecule is CCOC(=O)c1noc(-c2sc(N)nc2C)n1. The molecule has 0 bridgehead atoms. The Labute approximate surface area is 101 Å². The van der Waals surface area contributed by atoms with E-state index >= 15 is 0 Å². The maximum absolute atomic E-state index is 11.3. The van der Waals surface area contributed by atoms with Crippen LogP contribution in [0.15, 0.2) is 4.52 Å². The summed E-state index contributed by atoms with van der Waals surface area (Å²) in [5.74, 6) is -0.495. The number of aryl methyl sites for hydroxylation is 1. The number of aromatic nitrogens is 3. The van der Waals surface area contributed by atoms with Gasteiger partial charge in [0, 0.05) is 0 Å². The van der Waals surface area contributed by atoms with E-state index in [0.717, 1.165) is 0 Å². The molecular weight excluding hydrogens is 244 g/mol. The number of hydrogen-bond acceptors (Lipinski definition) is 8. The van der Waals surface area contributed by atoms with Gasteiger partial charge in [-0.2, -0.15) is 4.98 Å². The highest BCUT2D eigenvalue weighted by Crippen LogP contribution is 2.29. The second kappa shape index (κ2) is 4.50. The van der Waals surface area contributed by atoms with Gasteiger partial charge in [0.05, 0.1) is 12.3 Å². The van der Waals surface area contributed by atoms with Crippen molar-refractivity contribution in [2.24, 2.45) is 0 Å². The van der Waals surface area contributed by atoms with E-state index < -0.39 is 5.97 Å². The van der Waals surface area contributed by atoms with Gasteiger partial charge in [0.25, 0.3) is 11.7 Å². The third-order valence-corrected chi connectivity index (χ3v) is 2.87. The van der Waals surface area contributed by atoms with Crippen molar-refractivity contribution in [3.8, 4) is 10.8 Å². The van der Waals surface area contributed by atoms with Gasteiger partial charge in [-0.25, -0.2) is 9.78 Å². The lowest BCUT2D eigenvalue weighted by atomic mass is 10.4. The molecule has 2 aromatic rings. The van der Waals surface area contributed by atoms with Crippen LogP contribution in [-0.4, -0.2) is 27.7 Å². The quantitative estimate of drug-likeness (QED) is 0.822. The summed E-state index contributed by atoms with van der Waals surface area (Å²) in [4.78, 5) is 20.0. The van der Waals surface area contributed by atoms with Crippen LogP contribution < -0.4 is 5.73 Å². The molecule has 2 N–H and O–H groups in total. The standard InChI is InChI=1S/C9H10N4O3S/c1-3-15-8(14)6-12-7(16-13-6)5-4(2)11-9(10)17-5/h3H2,1-2H3,(H2,10,11). The number of carbonyl (C=O) groups excluding carboxylic acids is 1. The van der Waals surface area contributed by atoms with Gasteiger partial charge < -0.3 is 15.0 Å². The minimum Gasteiger partial charge on any atom is -0.460 e. The van der Waals surface area contributed by atoms with E-state index in [1.165, 1.54) is 11.3 Å². The summed E-state index contributed by atoms with van der Waals surface area (Å²) in [5.41, 5.74) is 6.24. The third kappa shape index (κ3) is 2.26. The molecule has 0 radical (unpaired) electrons. The van der Waals surface area contributed by atoms with Crippen LogP contribution in [0.1, 0.15) is 23.2 Å². The number of carbonyl (C=O) groups is 1. The molecule has 2 heterocycles. The molecule has 17 heavy (non-hydrogen) atoms. The number of thiazole rings is 1. The summed E-state index contributed by atoms with van der Waals surface area (Å²) in [5, 5.41) is 3.95. The molecule has 0 aromatic carbocycles. The average molecular weight is 254 g/mol. The van der Waals surface area contributed by atoms with Gasteiger partial charge in [-0.15, -0.1) is 0 Å². The molecular formula is C9H10N4O3S. The van der Waals surface area contributed by atoms with Crippen LogP contribution in [0.25, 0.3) is 10.8 Å². The molecule has 2 rings (SSSR count). The van der Waals surface area contributed by atoms with Crippen molar-refractivity contribution < 1.29 is 14.1 Å². The molecule has 8 heteroatoms. The Kier molecular flexibility index (Phi) is 3.05. The molecule has 0 aliphatic carbocycles. The molecule has 7 nitrogen and oxygen atoms in total. The first-order valence-corrected chi connectivity index (χ1v) is 5.67. The van der Waals surface area contributed by atoms with E-state index in [-0.39, 0.29) is 18.3 Å². The van der Waals surface area contributed by atoms with E-state index in [1.807, 2.05) is 0 Å². The molecule has 0 spiro atoms. The molecule has 0 fully saturated rings. The van der Waals surface area contributed by atoms with Crippen LogP contribution in [0.5, 0.6) is 0 Å². The number of nitrogens with two attached hydrogens (primary N) is 1. The number of hydrogen-bond donors (Lipinski definition) is 1. The highest BCUT2D eigenvalue weighted by atomic mass is 32.1. The Bertz CT molecular complexity index is 548. The van der Waals surface area contributed by atoms with Crippen LogP contribution >= 0.6 is 11.3 Å². The summed E-state index contributed by atoms with van der Waals surface area (Å²) < 4.78 is 9.72. The Morgan fingerprint density at radius 3 is 2.88 bits per heavy atom. The first-order valence-electron chi connectivity index (χ1n) is 4.86. The van der Waals surface area contributed by atoms with E-state index in [0.29, 0.717) is 15.7 Å². The first kappa shape index (κ1) is 11.5. The van der Waals surface area contributed by atoms with Crippen molar-refractivity contribution in [3.05, 3.63) is 11.5 Å². The summed E-state index contributed by atoms with van der Waals surface area (Å²) in [7, 11) is 0. The monoisotopic (exact) mass is 254 g/mol. The Morgan fingerprint density at radius 2 is 2.29 bits per heavy atom. The van der Waals surface area contributed by atoms with Crippen LogP contribution in [0.4, 0.5) is 5.13 Å². The zero-order valence-corrected chi connectivity index (χ0v) is 10.1. The number of esters is 1. The Morgan fingerprint density at radius 1 is 1.53 bits per heavy atom. The summed E-state index contributed by atoms with van der Waals surface area (Å²) in [6.45, 7) is 3.73. The van der Waals surface area contributed by atoms with Crippen LogP contribution in [-0.2, 0) is 4.74 Å². The van der Waals surface area contributed by atoms with Crippen molar-refractivity contribution in [1.82, 2.24) is 15.1 Å². The van der Waals surface area contributed by atoms with Gasteiger partial charge in [-0.05, 0) is 19.0 Å². The van der Waals surface area contributed by atoms with E-state index in [9.17, 15) is 4.79 Å². The fourth-order valence-corrected chi connectivity index (χ4v) is 1.97. The number of anilines is 1. The molecule has 0 amide bonds. The lowest BCUT2D eigenvalue weighted by Gasteiger charge is -1.93. The van der Waals surface area contributed by atoms with Gasteiger partial charge >= 0.3 is 5.97 Å². The molecule has 0 atom stereocenters. The minimum absolute atomic E-state index is 0.103. The number of nitrogens with zero attached hydrogens (tertiary/aromatic N) is 3. The third-order valence-electron chi connectivity index (χ3n) is 1.89. The fourth-order valence-electron chi connectivity index (χ4n) is 1.21. The van der Waals surface area contributed by atoms with E-state index in [1.54, 1.807) is 13.8 Å².